The summed E-state index contributed by atoms with van der Waals surface area (Å²) in [5, 5.41) is 9.58. The summed E-state index contributed by atoms with van der Waals surface area (Å²) < 4.78 is 3.48. The lowest BCUT2D eigenvalue weighted by atomic mass is 9.82. The van der Waals surface area contributed by atoms with Gasteiger partial charge in [0, 0.05) is 9.84 Å². The van der Waals surface area contributed by atoms with Crippen LogP contribution in [0.2, 0.25) is 0 Å². The predicted molar refractivity (Wildman–Crippen MR) is 58.5 cm³/mol. The van der Waals surface area contributed by atoms with Crippen LogP contribution < -0.4 is 0 Å². The highest BCUT2D eigenvalue weighted by Crippen LogP contribution is 2.34. The average Bonchev–Trinajstić information content (AvgIpc) is 2.05. The van der Waals surface area contributed by atoms with Crippen molar-refractivity contribution in [3.63, 3.8) is 0 Å². The Balaban J connectivity index is 2.77. The summed E-state index contributed by atoms with van der Waals surface area (Å²) in [6.45, 7) is 4.06. The largest absolute Gasteiger partial charge is 0.392 e. The van der Waals surface area contributed by atoms with E-state index in [4.69, 9.17) is 0 Å². The van der Waals surface area contributed by atoms with Crippen molar-refractivity contribution in [3.05, 3.63) is 12.2 Å². The fourth-order valence-corrected chi connectivity index (χ4v) is 4.28. The van der Waals surface area contributed by atoms with E-state index in [0.717, 1.165) is 6.42 Å². The Bertz CT molecular complexity index is 184. The van der Waals surface area contributed by atoms with Crippen LogP contribution in [-0.2, 0) is 0 Å². The maximum absolute atomic E-state index is 9.58. The second kappa shape index (κ2) is 3.81. The summed E-state index contributed by atoms with van der Waals surface area (Å²) in [5.74, 6) is 0. The summed E-state index contributed by atoms with van der Waals surface area (Å²) in [4.78, 5) is 0. The van der Waals surface area contributed by atoms with E-state index in [2.05, 4.69) is 23.1 Å². The molecule has 64 valence electrons. The van der Waals surface area contributed by atoms with Crippen molar-refractivity contribution in [2.24, 2.45) is 5.41 Å². The minimum Gasteiger partial charge on any atom is -0.392 e. The average molecular weight is 266 g/mol. The molecular weight excluding hydrogens is 251 g/mol. The number of allylic oxidation sites excluding steroid dienone is 1. The molecule has 0 radical (unpaired) electrons. The lowest BCUT2D eigenvalue weighted by molar-refractivity contribution is 0.0896. The molecule has 1 aliphatic rings. The highest BCUT2D eigenvalue weighted by molar-refractivity contribution is 14.2. The van der Waals surface area contributed by atoms with Gasteiger partial charge < -0.3 is 5.11 Å². The van der Waals surface area contributed by atoms with Crippen molar-refractivity contribution in [1.82, 2.24) is 0 Å². The van der Waals surface area contributed by atoms with Gasteiger partial charge in [0.15, 0.2) is 0 Å². The van der Waals surface area contributed by atoms with Crippen molar-refractivity contribution in [3.8, 4) is 0 Å². The first-order valence-electron chi connectivity index (χ1n) is 3.98. The smallest absolute Gasteiger partial charge is 0.0610 e. The van der Waals surface area contributed by atoms with Gasteiger partial charge in [0.25, 0.3) is 0 Å². The van der Waals surface area contributed by atoms with Crippen LogP contribution in [0.5, 0.6) is 0 Å². The quantitative estimate of drug-likeness (QED) is 0.599. The van der Waals surface area contributed by atoms with E-state index in [-0.39, 0.29) is 32.2 Å². The Morgan fingerprint density at radius 2 is 2.45 bits per heavy atom. The van der Waals surface area contributed by atoms with Crippen LogP contribution in [0.25, 0.3) is 0 Å². The van der Waals surface area contributed by atoms with Crippen molar-refractivity contribution >= 4 is 24.7 Å². The van der Waals surface area contributed by atoms with Crippen LogP contribution in [-0.4, -0.2) is 19.6 Å². The SMILES string of the molecule is CCC1(C(C)O)C=CC=IC1. The van der Waals surface area contributed by atoms with Crippen LogP contribution in [0, 0.1) is 5.41 Å². The third-order valence-electron chi connectivity index (χ3n) is 2.41. The number of aliphatic hydroxyl groups excluding tert-OH is 1. The standard InChI is InChI=1S/C9H15IO/c1-3-9(8(2)11)5-4-6-10-7-9/h4-6,8,11H,3,7H2,1-2H3. The molecule has 0 aromatic heterocycles. The molecule has 0 aromatic carbocycles. The van der Waals surface area contributed by atoms with Gasteiger partial charge in [0.2, 0.25) is 0 Å². The predicted octanol–water partition coefficient (Wildman–Crippen LogP) is 2.11. The van der Waals surface area contributed by atoms with Crippen molar-refractivity contribution in [1.29, 1.82) is 0 Å². The monoisotopic (exact) mass is 266 g/mol. The van der Waals surface area contributed by atoms with Gasteiger partial charge in [-0.3, -0.25) is 0 Å². The number of rotatable bonds is 2. The number of hydrogen-bond donors (Lipinski definition) is 1. The van der Waals surface area contributed by atoms with E-state index in [9.17, 15) is 5.11 Å². The molecular formula is C9H15IO. The summed E-state index contributed by atoms with van der Waals surface area (Å²) >= 11 is 0.213. The van der Waals surface area contributed by atoms with E-state index >= 15 is 0 Å². The van der Waals surface area contributed by atoms with E-state index in [0.29, 0.717) is 0 Å². The first-order chi connectivity index (χ1) is 5.21. The van der Waals surface area contributed by atoms with Gasteiger partial charge in [-0.2, -0.15) is 0 Å². The maximum Gasteiger partial charge on any atom is 0.0610 e. The Morgan fingerprint density at radius 1 is 1.73 bits per heavy atom. The van der Waals surface area contributed by atoms with E-state index in [1.54, 1.807) is 0 Å². The fourth-order valence-electron chi connectivity index (χ4n) is 1.27. The fraction of sp³-hybridized carbons (Fsp3) is 0.667. The third kappa shape index (κ3) is 1.90. The first-order valence-corrected chi connectivity index (χ1v) is 6.75. The van der Waals surface area contributed by atoms with Crippen molar-refractivity contribution in [2.45, 2.75) is 26.4 Å². The van der Waals surface area contributed by atoms with Crippen LogP contribution in [0.3, 0.4) is 0 Å². The van der Waals surface area contributed by atoms with Gasteiger partial charge in [-0.25, -0.2) is 0 Å². The molecule has 0 saturated carbocycles. The van der Waals surface area contributed by atoms with Gasteiger partial charge in [0.05, 0.1) is 6.10 Å². The summed E-state index contributed by atoms with van der Waals surface area (Å²) in [5.41, 5.74) is 0.113. The van der Waals surface area contributed by atoms with Crippen molar-refractivity contribution < 1.29 is 5.11 Å². The summed E-state index contributed by atoms with van der Waals surface area (Å²) in [6.07, 6.45) is 5.19. The van der Waals surface area contributed by atoms with Gasteiger partial charge in [-0.05, 0) is 17.4 Å². The van der Waals surface area contributed by atoms with Gasteiger partial charge >= 0.3 is 0 Å². The molecule has 0 bridgehead atoms. The Hall–Kier alpha value is 0.300. The molecule has 0 aromatic rings. The molecule has 1 N–H and O–H groups in total. The van der Waals surface area contributed by atoms with E-state index in [1.165, 1.54) is 4.43 Å². The third-order valence-corrected chi connectivity index (χ3v) is 5.19. The first kappa shape index (κ1) is 9.39. The highest BCUT2D eigenvalue weighted by Gasteiger charge is 2.30. The summed E-state index contributed by atoms with van der Waals surface area (Å²) in [6, 6.07) is 0. The zero-order chi connectivity index (χ0) is 8.32. The molecule has 1 nitrogen and oxygen atoms in total. The zero-order valence-corrected chi connectivity index (χ0v) is 9.21. The van der Waals surface area contributed by atoms with Crippen LogP contribution in [0.4, 0.5) is 0 Å². The molecule has 11 heavy (non-hydrogen) atoms. The molecule has 2 atom stereocenters. The molecule has 1 heterocycles. The maximum atomic E-state index is 9.58. The molecule has 0 spiro atoms. The lowest BCUT2D eigenvalue weighted by Gasteiger charge is -2.32. The molecule has 0 aliphatic carbocycles. The molecule has 1 aliphatic heterocycles. The van der Waals surface area contributed by atoms with Crippen LogP contribution in [0.15, 0.2) is 12.2 Å². The number of aliphatic hydroxyl groups is 1. The number of hydrogen-bond acceptors (Lipinski definition) is 1. The highest BCUT2D eigenvalue weighted by atomic mass is 127. The lowest BCUT2D eigenvalue weighted by Crippen LogP contribution is -2.33. The van der Waals surface area contributed by atoms with Gasteiger partial charge in [-0.1, -0.05) is 19.1 Å². The molecule has 2 heteroatoms. The van der Waals surface area contributed by atoms with Crippen LogP contribution in [0.1, 0.15) is 20.3 Å². The van der Waals surface area contributed by atoms with Gasteiger partial charge in [-0.15, -0.1) is 20.7 Å². The Kier molecular flexibility index (Phi) is 3.25. The number of halogens is 1. The normalized spacial score (nSPS) is 33.0. The molecule has 2 unspecified atom stereocenters. The zero-order valence-electron chi connectivity index (χ0n) is 7.05. The summed E-state index contributed by atoms with van der Waals surface area (Å²) in [7, 11) is 0. The second-order valence-corrected chi connectivity index (χ2v) is 5.40. The van der Waals surface area contributed by atoms with Gasteiger partial charge in [0.1, 0.15) is 0 Å². The molecule has 1 rings (SSSR count). The second-order valence-electron chi connectivity index (χ2n) is 3.04. The van der Waals surface area contributed by atoms with E-state index < -0.39 is 0 Å². The minimum absolute atomic E-state index is 0.113. The molecule has 0 amide bonds. The Morgan fingerprint density at radius 3 is 2.73 bits per heavy atom. The number of alkyl halides is 1. The van der Waals surface area contributed by atoms with E-state index in [1.807, 2.05) is 6.92 Å². The topological polar surface area (TPSA) is 20.2 Å². The van der Waals surface area contributed by atoms with Crippen molar-refractivity contribution in [2.75, 3.05) is 4.43 Å². The molecule has 0 fully saturated rings. The van der Waals surface area contributed by atoms with Crippen LogP contribution >= 0.6 is 20.7 Å². The molecule has 0 saturated heterocycles. The Labute approximate surface area is 78.3 Å². The minimum atomic E-state index is -0.183.